The maximum atomic E-state index is 12.2. The van der Waals surface area contributed by atoms with Crippen LogP contribution in [0, 0.1) is 0 Å². The lowest BCUT2D eigenvalue weighted by atomic mass is 10.2. The first kappa shape index (κ1) is 17.7. The molecule has 26 heavy (non-hydrogen) atoms. The van der Waals surface area contributed by atoms with Crippen LogP contribution in [-0.2, 0) is 6.42 Å². The average Bonchev–Trinajstić information content (AvgIpc) is 3.35. The molecule has 0 saturated heterocycles. The fourth-order valence-electron chi connectivity index (χ4n) is 2.57. The molecule has 1 amide bonds. The van der Waals surface area contributed by atoms with Crippen LogP contribution in [0.3, 0.4) is 0 Å². The van der Waals surface area contributed by atoms with Crippen LogP contribution in [0.4, 0.5) is 5.82 Å². The van der Waals surface area contributed by atoms with Gasteiger partial charge in [-0.1, -0.05) is 0 Å². The third-order valence-corrected chi connectivity index (χ3v) is 4.02. The van der Waals surface area contributed by atoms with E-state index in [9.17, 15) is 4.79 Å². The van der Waals surface area contributed by atoms with Crippen LogP contribution in [0.2, 0.25) is 0 Å². The molecule has 8 nitrogen and oxygen atoms in total. The number of aromatic nitrogens is 4. The van der Waals surface area contributed by atoms with Gasteiger partial charge in [0.15, 0.2) is 5.76 Å². The van der Waals surface area contributed by atoms with Gasteiger partial charge in [-0.05, 0) is 38.1 Å². The minimum atomic E-state index is -0.158. The zero-order chi connectivity index (χ0) is 18.4. The number of rotatable bonds is 8. The topological polar surface area (TPSA) is 99.9 Å². The molecule has 3 aromatic rings. The van der Waals surface area contributed by atoms with Gasteiger partial charge in [0.2, 0.25) is 5.82 Å². The van der Waals surface area contributed by atoms with Gasteiger partial charge in [-0.15, -0.1) is 0 Å². The number of nitrogens with one attached hydrogen (secondary N) is 2. The van der Waals surface area contributed by atoms with Crippen molar-refractivity contribution in [2.24, 2.45) is 0 Å². The fourth-order valence-corrected chi connectivity index (χ4v) is 2.57. The lowest BCUT2D eigenvalue weighted by molar-refractivity contribution is 0.0953. The number of pyridine rings is 1. The van der Waals surface area contributed by atoms with Gasteiger partial charge >= 0.3 is 0 Å². The number of amides is 1. The van der Waals surface area contributed by atoms with Crippen LogP contribution in [0.15, 0.2) is 41.1 Å². The molecule has 0 saturated carbocycles. The lowest BCUT2D eigenvalue weighted by Crippen LogP contribution is -2.27. The van der Waals surface area contributed by atoms with Crippen molar-refractivity contribution in [3.63, 3.8) is 0 Å². The van der Waals surface area contributed by atoms with Crippen molar-refractivity contribution in [1.82, 2.24) is 25.5 Å². The monoisotopic (exact) mass is 354 g/mol. The SMILES string of the molecule is CCN(CC)c1ccc(C(=O)NCCc2nc(-c3ccco3)n[nH]2)cn1. The predicted molar refractivity (Wildman–Crippen MR) is 97.9 cm³/mol. The number of anilines is 1. The quantitative estimate of drug-likeness (QED) is 0.644. The predicted octanol–water partition coefficient (Wildman–Crippen LogP) is 2.28. The first-order chi connectivity index (χ1) is 12.7. The summed E-state index contributed by atoms with van der Waals surface area (Å²) in [7, 11) is 0. The second kappa shape index (κ2) is 8.28. The van der Waals surface area contributed by atoms with Gasteiger partial charge in [0.25, 0.3) is 5.91 Å². The highest BCUT2D eigenvalue weighted by atomic mass is 16.3. The smallest absolute Gasteiger partial charge is 0.252 e. The Labute approximate surface area is 151 Å². The molecule has 0 bridgehead atoms. The minimum Gasteiger partial charge on any atom is -0.461 e. The number of hydrogen-bond acceptors (Lipinski definition) is 6. The molecular weight excluding hydrogens is 332 g/mol. The van der Waals surface area contributed by atoms with Crippen LogP contribution < -0.4 is 10.2 Å². The van der Waals surface area contributed by atoms with Gasteiger partial charge < -0.3 is 14.6 Å². The Morgan fingerprint density at radius 2 is 2.12 bits per heavy atom. The molecule has 8 heteroatoms. The van der Waals surface area contributed by atoms with Gasteiger partial charge in [0.05, 0.1) is 11.8 Å². The number of hydrogen-bond donors (Lipinski definition) is 2. The summed E-state index contributed by atoms with van der Waals surface area (Å²) < 4.78 is 5.25. The molecule has 0 fully saturated rings. The highest BCUT2D eigenvalue weighted by molar-refractivity contribution is 5.94. The Morgan fingerprint density at radius 3 is 2.77 bits per heavy atom. The van der Waals surface area contributed by atoms with Crippen molar-refractivity contribution >= 4 is 11.7 Å². The number of furan rings is 1. The van der Waals surface area contributed by atoms with E-state index in [1.807, 2.05) is 6.07 Å². The van der Waals surface area contributed by atoms with Crippen molar-refractivity contribution in [2.45, 2.75) is 20.3 Å². The van der Waals surface area contributed by atoms with E-state index in [2.05, 4.69) is 44.2 Å². The van der Waals surface area contributed by atoms with Crippen molar-refractivity contribution in [3.8, 4) is 11.6 Å². The van der Waals surface area contributed by atoms with Crippen molar-refractivity contribution in [3.05, 3.63) is 48.1 Å². The summed E-state index contributed by atoms with van der Waals surface area (Å²) in [6.07, 6.45) is 3.72. The van der Waals surface area contributed by atoms with Crippen molar-refractivity contribution in [2.75, 3.05) is 24.5 Å². The minimum absolute atomic E-state index is 0.158. The van der Waals surface area contributed by atoms with Crippen LogP contribution in [-0.4, -0.2) is 45.7 Å². The molecule has 0 aromatic carbocycles. The van der Waals surface area contributed by atoms with Crippen molar-refractivity contribution in [1.29, 1.82) is 0 Å². The van der Waals surface area contributed by atoms with E-state index in [0.717, 1.165) is 18.9 Å². The van der Waals surface area contributed by atoms with Gasteiger partial charge in [-0.25, -0.2) is 9.97 Å². The first-order valence-electron chi connectivity index (χ1n) is 8.65. The summed E-state index contributed by atoms with van der Waals surface area (Å²) in [6, 6.07) is 7.24. The Morgan fingerprint density at radius 1 is 1.27 bits per heavy atom. The molecule has 0 aliphatic heterocycles. The molecule has 136 valence electrons. The molecule has 0 atom stereocenters. The Kier molecular flexibility index (Phi) is 5.62. The van der Waals surface area contributed by atoms with Gasteiger partial charge in [0, 0.05) is 32.3 Å². The van der Waals surface area contributed by atoms with Gasteiger partial charge in [0.1, 0.15) is 11.6 Å². The summed E-state index contributed by atoms with van der Waals surface area (Å²) in [6.45, 7) is 6.36. The third-order valence-electron chi connectivity index (χ3n) is 4.02. The summed E-state index contributed by atoms with van der Waals surface area (Å²) in [5.74, 6) is 2.52. The molecule has 3 aromatic heterocycles. The zero-order valence-corrected chi connectivity index (χ0v) is 14.9. The third kappa shape index (κ3) is 4.08. The maximum Gasteiger partial charge on any atom is 0.252 e. The molecule has 3 heterocycles. The maximum absolute atomic E-state index is 12.2. The highest BCUT2D eigenvalue weighted by Crippen LogP contribution is 2.14. The van der Waals surface area contributed by atoms with E-state index in [-0.39, 0.29) is 5.91 Å². The lowest BCUT2D eigenvalue weighted by Gasteiger charge is -2.19. The Balaban J connectivity index is 1.51. The molecule has 0 unspecified atom stereocenters. The summed E-state index contributed by atoms with van der Waals surface area (Å²) in [4.78, 5) is 23.1. The summed E-state index contributed by atoms with van der Waals surface area (Å²) >= 11 is 0. The van der Waals surface area contributed by atoms with Crippen LogP contribution in [0.25, 0.3) is 11.6 Å². The zero-order valence-electron chi connectivity index (χ0n) is 14.9. The summed E-state index contributed by atoms with van der Waals surface area (Å²) in [5, 5.41) is 9.81. The fraction of sp³-hybridized carbons (Fsp3) is 0.333. The van der Waals surface area contributed by atoms with E-state index in [1.54, 1.807) is 30.7 Å². The number of nitrogens with zero attached hydrogens (tertiary/aromatic N) is 4. The largest absolute Gasteiger partial charge is 0.461 e. The van der Waals surface area contributed by atoms with E-state index in [0.29, 0.717) is 35.9 Å². The van der Waals surface area contributed by atoms with Crippen molar-refractivity contribution < 1.29 is 9.21 Å². The molecule has 0 spiro atoms. The molecular formula is C18H22N6O2. The summed E-state index contributed by atoms with van der Waals surface area (Å²) in [5.41, 5.74) is 0.537. The van der Waals surface area contributed by atoms with Gasteiger partial charge in [-0.2, -0.15) is 5.10 Å². The molecule has 0 aliphatic carbocycles. The standard InChI is InChI=1S/C18H22N6O2/c1-3-24(4-2)16-8-7-13(12-20-16)18(25)19-10-9-15-21-17(23-22-15)14-6-5-11-26-14/h5-8,11-12H,3-4,9-10H2,1-2H3,(H,19,25)(H,21,22,23). The first-order valence-corrected chi connectivity index (χ1v) is 8.65. The highest BCUT2D eigenvalue weighted by Gasteiger charge is 2.10. The van der Waals surface area contributed by atoms with E-state index in [1.165, 1.54) is 0 Å². The molecule has 0 aliphatic rings. The number of carbonyl (C=O) groups is 1. The molecule has 0 radical (unpaired) electrons. The van der Waals surface area contributed by atoms with E-state index < -0.39 is 0 Å². The number of H-pyrrole nitrogens is 1. The molecule has 2 N–H and O–H groups in total. The second-order valence-electron chi connectivity index (χ2n) is 5.67. The van der Waals surface area contributed by atoms with Crippen LogP contribution in [0.1, 0.15) is 30.0 Å². The Bertz CT molecular complexity index is 822. The van der Waals surface area contributed by atoms with E-state index >= 15 is 0 Å². The average molecular weight is 354 g/mol. The van der Waals surface area contributed by atoms with E-state index in [4.69, 9.17) is 4.42 Å². The second-order valence-corrected chi connectivity index (χ2v) is 5.67. The number of carbonyl (C=O) groups excluding carboxylic acids is 1. The van der Waals surface area contributed by atoms with Gasteiger partial charge in [-0.3, -0.25) is 9.89 Å². The normalized spacial score (nSPS) is 10.7. The number of aromatic amines is 1. The molecule has 3 rings (SSSR count). The van der Waals surface area contributed by atoms with Crippen LogP contribution in [0.5, 0.6) is 0 Å². The Hall–Kier alpha value is -3.16. The van der Waals surface area contributed by atoms with Crippen LogP contribution >= 0.6 is 0 Å².